The third kappa shape index (κ3) is 3.20. The average Bonchev–Trinajstić information content (AvgIpc) is 2.68. The third-order valence-electron chi connectivity index (χ3n) is 2.92. The number of benzene rings is 1. The van der Waals surface area contributed by atoms with Crippen molar-refractivity contribution in [3.8, 4) is 0 Å². The summed E-state index contributed by atoms with van der Waals surface area (Å²) in [6.07, 6.45) is 0.250. The Balaban J connectivity index is 1.83. The molecule has 1 atom stereocenters. The van der Waals surface area contributed by atoms with Gasteiger partial charge >= 0.3 is 6.09 Å². The van der Waals surface area contributed by atoms with Crippen LogP contribution in [0.15, 0.2) is 30.3 Å². The van der Waals surface area contributed by atoms with Crippen molar-refractivity contribution in [1.29, 1.82) is 0 Å². The fourth-order valence-electron chi connectivity index (χ4n) is 1.91. The molecular weight excluding hydrogens is 218 g/mol. The number of likely N-dealkylation sites (tertiary alicyclic amines) is 1. The third-order valence-corrected chi connectivity index (χ3v) is 2.92. The molecule has 17 heavy (non-hydrogen) atoms. The molecule has 1 amide bonds. The van der Waals surface area contributed by atoms with Gasteiger partial charge in [-0.1, -0.05) is 30.3 Å². The van der Waals surface area contributed by atoms with Crippen LogP contribution in [-0.4, -0.2) is 34.8 Å². The molecule has 0 radical (unpaired) electrons. The van der Waals surface area contributed by atoms with Crippen molar-refractivity contribution >= 4 is 6.09 Å². The van der Waals surface area contributed by atoms with Gasteiger partial charge in [-0.05, 0) is 18.9 Å². The van der Waals surface area contributed by atoms with Crippen molar-refractivity contribution in [3.63, 3.8) is 0 Å². The van der Waals surface area contributed by atoms with E-state index < -0.39 is 5.60 Å². The molecule has 0 aliphatic carbocycles. The average molecular weight is 235 g/mol. The van der Waals surface area contributed by atoms with Crippen LogP contribution < -0.4 is 0 Å². The number of amides is 1. The second-order valence-corrected chi connectivity index (χ2v) is 4.71. The minimum absolute atomic E-state index is 0.276. The second-order valence-electron chi connectivity index (χ2n) is 4.71. The van der Waals surface area contributed by atoms with E-state index in [2.05, 4.69) is 0 Å². The molecule has 4 nitrogen and oxygen atoms in total. The number of ether oxygens (including phenoxy) is 1. The van der Waals surface area contributed by atoms with Crippen LogP contribution in [-0.2, 0) is 11.3 Å². The van der Waals surface area contributed by atoms with Gasteiger partial charge in [-0.25, -0.2) is 4.79 Å². The summed E-state index contributed by atoms with van der Waals surface area (Å²) >= 11 is 0. The molecule has 1 aliphatic rings. The van der Waals surface area contributed by atoms with Crippen LogP contribution in [0.1, 0.15) is 18.9 Å². The van der Waals surface area contributed by atoms with Crippen molar-refractivity contribution in [2.75, 3.05) is 13.1 Å². The summed E-state index contributed by atoms with van der Waals surface area (Å²) in [5.41, 5.74) is 0.193. The normalized spacial score (nSPS) is 23.8. The topological polar surface area (TPSA) is 49.8 Å². The van der Waals surface area contributed by atoms with Gasteiger partial charge in [0.25, 0.3) is 0 Å². The van der Waals surface area contributed by atoms with Crippen molar-refractivity contribution in [1.82, 2.24) is 4.90 Å². The molecule has 1 fully saturated rings. The van der Waals surface area contributed by atoms with E-state index in [1.165, 1.54) is 0 Å². The zero-order valence-electron chi connectivity index (χ0n) is 9.93. The van der Waals surface area contributed by atoms with E-state index in [9.17, 15) is 9.90 Å². The summed E-state index contributed by atoms with van der Waals surface area (Å²) in [5, 5.41) is 9.75. The van der Waals surface area contributed by atoms with E-state index in [1.807, 2.05) is 30.3 Å². The molecule has 1 N–H and O–H groups in total. The van der Waals surface area contributed by atoms with Crippen LogP contribution >= 0.6 is 0 Å². The molecule has 2 rings (SSSR count). The summed E-state index contributed by atoms with van der Waals surface area (Å²) in [6, 6.07) is 9.55. The van der Waals surface area contributed by atoms with Crippen LogP contribution in [0.5, 0.6) is 0 Å². The van der Waals surface area contributed by atoms with Crippen LogP contribution in [0.25, 0.3) is 0 Å². The maximum Gasteiger partial charge on any atom is 0.410 e. The van der Waals surface area contributed by atoms with Crippen LogP contribution in [0, 0.1) is 0 Å². The van der Waals surface area contributed by atoms with Crippen LogP contribution in [0.4, 0.5) is 4.79 Å². The SMILES string of the molecule is CC1(O)CCN(C(=O)OCc2ccccc2)C1. The van der Waals surface area contributed by atoms with Gasteiger partial charge in [0.1, 0.15) is 6.61 Å². The van der Waals surface area contributed by atoms with E-state index >= 15 is 0 Å². The number of carbonyl (C=O) groups excluding carboxylic acids is 1. The number of carbonyl (C=O) groups is 1. The highest BCUT2D eigenvalue weighted by Gasteiger charge is 2.34. The number of hydrogen-bond donors (Lipinski definition) is 1. The smallest absolute Gasteiger partial charge is 0.410 e. The summed E-state index contributed by atoms with van der Waals surface area (Å²) in [5.74, 6) is 0. The van der Waals surface area contributed by atoms with Gasteiger partial charge in [-0.3, -0.25) is 0 Å². The molecule has 1 saturated heterocycles. The first-order valence-corrected chi connectivity index (χ1v) is 5.75. The summed E-state index contributed by atoms with van der Waals surface area (Å²) in [4.78, 5) is 13.2. The number of β-amino-alcohol motifs (C(OH)–C–C–N with tert-alkyl or cyclic N) is 1. The van der Waals surface area contributed by atoms with E-state index in [0.29, 0.717) is 19.5 Å². The molecule has 1 heterocycles. The lowest BCUT2D eigenvalue weighted by atomic mass is 10.1. The maximum atomic E-state index is 11.7. The predicted octanol–water partition coefficient (Wildman–Crippen LogP) is 1.78. The number of rotatable bonds is 2. The summed E-state index contributed by atoms with van der Waals surface area (Å²) in [7, 11) is 0. The number of nitrogens with zero attached hydrogens (tertiary/aromatic N) is 1. The van der Waals surface area contributed by atoms with Crippen molar-refractivity contribution in [3.05, 3.63) is 35.9 Å². The molecule has 92 valence electrons. The van der Waals surface area contributed by atoms with Gasteiger partial charge in [0.2, 0.25) is 0 Å². The molecular formula is C13H17NO3. The highest BCUT2D eigenvalue weighted by atomic mass is 16.6. The number of aliphatic hydroxyl groups is 1. The largest absolute Gasteiger partial charge is 0.445 e. The Morgan fingerprint density at radius 3 is 2.76 bits per heavy atom. The zero-order chi connectivity index (χ0) is 12.3. The fraction of sp³-hybridized carbons (Fsp3) is 0.462. The first kappa shape index (κ1) is 11.9. The molecule has 0 aromatic heterocycles. The highest BCUT2D eigenvalue weighted by Crippen LogP contribution is 2.20. The van der Waals surface area contributed by atoms with Crippen LogP contribution in [0.2, 0.25) is 0 Å². The van der Waals surface area contributed by atoms with Crippen molar-refractivity contribution in [2.24, 2.45) is 0 Å². The second kappa shape index (κ2) is 4.75. The molecule has 4 heteroatoms. The van der Waals surface area contributed by atoms with Gasteiger partial charge in [-0.15, -0.1) is 0 Å². The number of hydrogen-bond acceptors (Lipinski definition) is 3. The molecule has 1 aromatic carbocycles. The quantitative estimate of drug-likeness (QED) is 0.850. The lowest BCUT2D eigenvalue weighted by Crippen LogP contribution is -2.34. The first-order valence-electron chi connectivity index (χ1n) is 5.75. The minimum Gasteiger partial charge on any atom is -0.445 e. The first-order chi connectivity index (χ1) is 8.07. The van der Waals surface area contributed by atoms with Gasteiger partial charge < -0.3 is 14.7 Å². The van der Waals surface area contributed by atoms with Gasteiger partial charge in [-0.2, -0.15) is 0 Å². The summed E-state index contributed by atoms with van der Waals surface area (Å²) < 4.78 is 5.18. The predicted molar refractivity (Wildman–Crippen MR) is 63.4 cm³/mol. The molecule has 1 unspecified atom stereocenters. The van der Waals surface area contributed by atoms with E-state index in [4.69, 9.17) is 4.74 Å². The molecule has 1 aromatic rings. The fourth-order valence-corrected chi connectivity index (χ4v) is 1.91. The Labute approximate surface area is 101 Å². The van der Waals surface area contributed by atoms with Gasteiger partial charge in [0.15, 0.2) is 0 Å². The van der Waals surface area contributed by atoms with E-state index in [1.54, 1.807) is 11.8 Å². The highest BCUT2D eigenvalue weighted by molar-refractivity contribution is 5.68. The maximum absolute atomic E-state index is 11.7. The zero-order valence-corrected chi connectivity index (χ0v) is 9.93. The van der Waals surface area contributed by atoms with Gasteiger partial charge in [0, 0.05) is 6.54 Å². The van der Waals surface area contributed by atoms with E-state index in [-0.39, 0.29) is 12.7 Å². The Hall–Kier alpha value is -1.55. The Morgan fingerprint density at radius 1 is 1.47 bits per heavy atom. The van der Waals surface area contributed by atoms with Crippen LogP contribution in [0.3, 0.4) is 0 Å². The molecule has 0 saturated carbocycles. The lowest BCUT2D eigenvalue weighted by molar-refractivity contribution is 0.0589. The van der Waals surface area contributed by atoms with Gasteiger partial charge in [0.05, 0.1) is 12.1 Å². The summed E-state index contributed by atoms with van der Waals surface area (Å²) in [6.45, 7) is 2.91. The molecule has 0 spiro atoms. The van der Waals surface area contributed by atoms with Crippen molar-refractivity contribution in [2.45, 2.75) is 25.6 Å². The Kier molecular flexibility index (Phi) is 3.33. The van der Waals surface area contributed by atoms with E-state index in [0.717, 1.165) is 5.56 Å². The molecule has 1 aliphatic heterocycles. The minimum atomic E-state index is -0.772. The standard InChI is InChI=1S/C13H17NO3/c1-13(16)7-8-14(10-13)12(15)17-9-11-5-3-2-4-6-11/h2-6,16H,7-10H2,1H3. The molecule has 0 bridgehead atoms. The Bertz CT molecular complexity index is 389. The lowest BCUT2D eigenvalue weighted by Gasteiger charge is -2.18. The Morgan fingerprint density at radius 2 is 2.18 bits per heavy atom. The monoisotopic (exact) mass is 235 g/mol. The van der Waals surface area contributed by atoms with Crippen molar-refractivity contribution < 1.29 is 14.6 Å².